The number of methoxy groups -OCH3 is 1. The average Bonchev–Trinajstić information content (AvgIpc) is 2.72. The molecule has 5 nitrogen and oxygen atoms in total. The molecule has 2 rings (SSSR count). The van der Waals surface area contributed by atoms with Crippen LogP contribution in [0.1, 0.15) is 5.56 Å². The number of carbonyl (C=O) groups excluding carboxylic acids is 1. The average molecular weight is 268 g/mol. The van der Waals surface area contributed by atoms with E-state index in [9.17, 15) is 9.90 Å². The first-order valence-electron chi connectivity index (χ1n) is 5.09. The molecular formula is C12H10ClNO4. The predicted octanol–water partition coefficient (Wildman–Crippen LogP) is 1.94. The number of ether oxygens (including phenoxy) is 1. The van der Waals surface area contributed by atoms with Crippen molar-refractivity contribution in [2.45, 2.75) is 0 Å². The Morgan fingerprint density at radius 2 is 2.33 bits per heavy atom. The molecule has 0 unspecified atom stereocenters. The zero-order chi connectivity index (χ0) is 13.1. The predicted molar refractivity (Wildman–Crippen MR) is 66.9 cm³/mol. The van der Waals surface area contributed by atoms with Crippen LogP contribution >= 0.6 is 11.6 Å². The van der Waals surface area contributed by atoms with E-state index >= 15 is 0 Å². The van der Waals surface area contributed by atoms with Gasteiger partial charge in [-0.2, -0.15) is 0 Å². The summed E-state index contributed by atoms with van der Waals surface area (Å²) in [6.45, 7) is 0. The highest BCUT2D eigenvalue weighted by molar-refractivity contribution is 6.38. The summed E-state index contributed by atoms with van der Waals surface area (Å²) in [5.41, 5.74) is 1.28. The van der Waals surface area contributed by atoms with Crippen LogP contribution in [0.2, 0.25) is 0 Å². The Morgan fingerprint density at radius 3 is 3.00 bits per heavy atom. The molecule has 0 bridgehead atoms. The zero-order valence-corrected chi connectivity index (χ0v) is 10.3. The van der Waals surface area contributed by atoms with Crippen molar-refractivity contribution in [3.8, 4) is 11.5 Å². The number of phenolic OH excluding ortho intramolecular Hbond substituents is 1. The lowest BCUT2D eigenvalue weighted by Crippen LogP contribution is -2.06. The van der Waals surface area contributed by atoms with Crippen LogP contribution in [0.3, 0.4) is 0 Å². The van der Waals surface area contributed by atoms with E-state index in [2.05, 4.69) is 9.99 Å². The van der Waals surface area contributed by atoms with Crippen molar-refractivity contribution in [3.63, 3.8) is 0 Å². The molecule has 1 aliphatic heterocycles. The van der Waals surface area contributed by atoms with Gasteiger partial charge in [0.1, 0.15) is 17.2 Å². The topological polar surface area (TPSA) is 68.1 Å². The van der Waals surface area contributed by atoms with E-state index in [1.807, 2.05) is 0 Å². The number of hydrogen-bond acceptors (Lipinski definition) is 5. The number of nitrogens with zero attached hydrogens (tertiary/aromatic N) is 1. The van der Waals surface area contributed by atoms with E-state index in [4.69, 9.17) is 16.3 Å². The van der Waals surface area contributed by atoms with E-state index in [1.54, 1.807) is 12.1 Å². The Kier molecular flexibility index (Phi) is 3.53. The van der Waals surface area contributed by atoms with E-state index in [-0.39, 0.29) is 17.2 Å². The number of phenols is 1. The summed E-state index contributed by atoms with van der Waals surface area (Å²) in [5, 5.41) is 12.9. The van der Waals surface area contributed by atoms with Crippen LogP contribution in [-0.4, -0.2) is 29.8 Å². The molecule has 0 radical (unpaired) electrons. The van der Waals surface area contributed by atoms with Gasteiger partial charge in [0.05, 0.1) is 18.6 Å². The molecule has 0 amide bonds. The fraction of sp³-hybridized carbons (Fsp3) is 0.167. The van der Waals surface area contributed by atoms with Gasteiger partial charge >= 0.3 is 5.97 Å². The zero-order valence-electron chi connectivity index (χ0n) is 9.51. The monoisotopic (exact) mass is 267 g/mol. The molecule has 1 aromatic rings. The summed E-state index contributed by atoms with van der Waals surface area (Å²) in [6, 6.07) is 4.56. The van der Waals surface area contributed by atoms with Gasteiger partial charge in [0.2, 0.25) is 0 Å². The molecule has 0 atom stereocenters. The van der Waals surface area contributed by atoms with Crippen LogP contribution < -0.4 is 4.74 Å². The first kappa shape index (κ1) is 12.4. The van der Waals surface area contributed by atoms with Crippen molar-refractivity contribution in [2.24, 2.45) is 5.16 Å². The quantitative estimate of drug-likeness (QED) is 0.516. The molecule has 94 valence electrons. The van der Waals surface area contributed by atoms with Gasteiger partial charge in [-0.25, -0.2) is 4.79 Å². The number of benzene rings is 1. The number of alkyl halides is 1. The minimum atomic E-state index is -0.555. The van der Waals surface area contributed by atoms with Gasteiger partial charge in [-0.05, 0) is 18.2 Å². The van der Waals surface area contributed by atoms with E-state index < -0.39 is 5.97 Å². The second-order valence-corrected chi connectivity index (χ2v) is 3.80. The summed E-state index contributed by atoms with van der Waals surface area (Å²) < 4.78 is 5.11. The van der Waals surface area contributed by atoms with Crippen molar-refractivity contribution < 1.29 is 19.5 Å². The Balaban J connectivity index is 2.44. The van der Waals surface area contributed by atoms with E-state index in [1.165, 1.54) is 19.2 Å². The summed E-state index contributed by atoms with van der Waals surface area (Å²) >= 11 is 5.66. The number of halogens is 1. The minimum Gasteiger partial charge on any atom is -0.508 e. The third-order valence-electron chi connectivity index (χ3n) is 2.41. The standard InChI is InChI=1S/C12H10ClNO4/c1-17-11-5-8(15)3-2-7(11)4-9-10(6-13)14-18-12(9)16/h2-5,15H,6H2,1H3/b9-4+. The molecule has 0 saturated heterocycles. The second-order valence-electron chi connectivity index (χ2n) is 3.53. The SMILES string of the molecule is COc1cc(O)ccc1/C=C1/C(=O)ON=C1CCl. The highest BCUT2D eigenvalue weighted by Gasteiger charge is 2.25. The molecule has 1 N–H and O–H groups in total. The lowest BCUT2D eigenvalue weighted by atomic mass is 10.1. The summed E-state index contributed by atoms with van der Waals surface area (Å²) in [5.74, 6) is 0.0453. The molecule has 1 heterocycles. The van der Waals surface area contributed by atoms with E-state index in [0.717, 1.165) is 0 Å². The Hall–Kier alpha value is -2.01. The first-order chi connectivity index (χ1) is 8.65. The van der Waals surface area contributed by atoms with Crippen LogP contribution in [0.5, 0.6) is 11.5 Å². The van der Waals surface area contributed by atoms with Crippen LogP contribution in [-0.2, 0) is 9.63 Å². The Bertz CT molecular complexity index is 551. The van der Waals surface area contributed by atoms with Gasteiger partial charge in [-0.15, -0.1) is 11.6 Å². The number of rotatable bonds is 3. The molecule has 0 aliphatic carbocycles. The van der Waals surface area contributed by atoms with Gasteiger partial charge < -0.3 is 14.7 Å². The van der Waals surface area contributed by atoms with Gasteiger partial charge in [-0.3, -0.25) is 0 Å². The highest BCUT2D eigenvalue weighted by Crippen LogP contribution is 2.27. The van der Waals surface area contributed by atoms with Crippen molar-refractivity contribution in [3.05, 3.63) is 29.3 Å². The van der Waals surface area contributed by atoms with Gasteiger partial charge in [-0.1, -0.05) is 5.16 Å². The molecule has 1 aliphatic rings. The number of oxime groups is 1. The largest absolute Gasteiger partial charge is 0.508 e. The number of carbonyl (C=O) groups is 1. The molecule has 1 aromatic carbocycles. The maximum atomic E-state index is 11.5. The van der Waals surface area contributed by atoms with Gasteiger partial charge in [0.25, 0.3) is 0 Å². The molecule has 6 heteroatoms. The van der Waals surface area contributed by atoms with Crippen molar-refractivity contribution in [1.29, 1.82) is 0 Å². The Labute approximate surface area is 108 Å². The van der Waals surface area contributed by atoms with Crippen LogP contribution in [0, 0.1) is 0 Å². The lowest BCUT2D eigenvalue weighted by molar-refractivity contribution is -0.136. The van der Waals surface area contributed by atoms with Crippen molar-refractivity contribution in [2.75, 3.05) is 13.0 Å². The third kappa shape index (κ3) is 2.31. The molecule has 0 fully saturated rings. The van der Waals surface area contributed by atoms with Crippen molar-refractivity contribution in [1.82, 2.24) is 0 Å². The van der Waals surface area contributed by atoms with Gasteiger partial charge in [0, 0.05) is 11.6 Å². The summed E-state index contributed by atoms with van der Waals surface area (Å²) in [7, 11) is 1.47. The number of aromatic hydroxyl groups is 1. The summed E-state index contributed by atoms with van der Waals surface area (Å²) in [6.07, 6.45) is 1.56. The normalized spacial score (nSPS) is 16.7. The lowest BCUT2D eigenvalue weighted by Gasteiger charge is -2.05. The molecule has 0 saturated carbocycles. The van der Waals surface area contributed by atoms with Crippen LogP contribution in [0.25, 0.3) is 6.08 Å². The fourth-order valence-corrected chi connectivity index (χ4v) is 1.72. The second kappa shape index (κ2) is 5.10. The molecule has 0 spiro atoms. The van der Waals surface area contributed by atoms with Crippen LogP contribution in [0.15, 0.2) is 28.9 Å². The maximum absolute atomic E-state index is 11.5. The summed E-state index contributed by atoms with van der Waals surface area (Å²) in [4.78, 5) is 16.0. The van der Waals surface area contributed by atoms with Crippen LogP contribution in [0.4, 0.5) is 0 Å². The first-order valence-corrected chi connectivity index (χ1v) is 5.62. The highest BCUT2D eigenvalue weighted by atomic mass is 35.5. The van der Waals surface area contributed by atoms with Gasteiger partial charge in [0.15, 0.2) is 0 Å². The Morgan fingerprint density at radius 1 is 1.56 bits per heavy atom. The van der Waals surface area contributed by atoms with E-state index in [0.29, 0.717) is 17.0 Å². The molecular weight excluding hydrogens is 258 g/mol. The number of hydrogen-bond donors (Lipinski definition) is 1. The molecule has 0 aromatic heterocycles. The fourth-order valence-electron chi connectivity index (χ4n) is 1.53. The maximum Gasteiger partial charge on any atom is 0.367 e. The van der Waals surface area contributed by atoms with Crippen molar-refractivity contribution >= 4 is 29.4 Å². The smallest absolute Gasteiger partial charge is 0.367 e. The third-order valence-corrected chi connectivity index (χ3v) is 2.67. The minimum absolute atomic E-state index is 0.0780. The molecule has 18 heavy (non-hydrogen) atoms.